The van der Waals surface area contributed by atoms with Crippen molar-refractivity contribution in [3.8, 4) is 0 Å². The van der Waals surface area contributed by atoms with Crippen LogP contribution in [0.2, 0.25) is 0 Å². The van der Waals surface area contributed by atoms with Crippen molar-refractivity contribution in [3.05, 3.63) is 55.2 Å². The third-order valence-corrected chi connectivity index (χ3v) is 8.57. The van der Waals surface area contributed by atoms with Gasteiger partial charge in [-0.1, -0.05) is 88.4 Å². The molecule has 1 amide bonds. The number of aromatic amines is 1. The number of rotatable bonds is 25. The second-order valence-corrected chi connectivity index (χ2v) is 12.6. The van der Waals surface area contributed by atoms with Gasteiger partial charge in [0.1, 0.15) is 18.9 Å². The second-order valence-electron chi connectivity index (χ2n) is 12.6. The highest BCUT2D eigenvalue weighted by Gasteiger charge is 2.37. The van der Waals surface area contributed by atoms with Gasteiger partial charge in [-0.05, 0) is 38.1 Å². The fourth-order valence-electron chi connectivity index (χ4n) is 5.64. The monoisotopic (exact) mass is 676 g/mol. The Morgan fingerprint density at radius 3 is 2.40 bits per heavy atom. The predicted octanol–water partition coefficient (Wildman–Crippen LogP) is 5.01. The molecule has 4 N–H and O–H groups in total. The lowest BCUT2D eigenvalue weighted by Gasteiger charge is -2.20. The molecule has 5 atom stereocenters. The molecule has 1 aliphatic heterocycles. The Balaban J connectivity index is 1.60. The van der Waals surface area contributed by atoms with Gasteiger partial charge in [0.2, 0.25) is 5.91 Å². The largest absolute Gasteiger partial charge is 0.463 e. The Kier molecular flexibility index (Phi) is 20.2. The molecule has 0 aromatic carbocycles. The maximum absolute atomic E-state index is 12.4. The molecule has 0 radical (unpaired) electrons. The van der Waals surface area contributed by atoms with Crippen molar-refractivity contribution in [2.45, 2.75) is 154 Å². The lowest BCUT2D eigenvalue weighted by Crippen LogP contribution is -2.45. The number of nitrogens with one attached hydrogen (secondary N) is 2. The smallest absolute Gasteiger partial charge is 0.330 e. The maximum atomic E-state index is 12.4. The number of aromatic nitrogens is 2. The number of hydrogen-bond acceptors (Lipinski definition) is 9. The molecule has 14 heteroatoms. The first-order valence-electron chi connectivity index (χ1n) is 17.6. The van der Waals surface area contributed by atoms with E-state index in [-0.39, 0.29) is 31.8 Å². The zero-order valence-corrected chi connectivity index (χ0v) is 28.7. The van der Waals surface area contributed by atoms with Gasteiger partial charge in [-0.15, -0.1) is 0 Å². The van der Waals surface area contributed by atoms with Crippen LogP contribution in [0.4, 0.5) is 0 Å². The lowest BCUT2D eigenvalue weighted by atomic mass is 10.0. The molecule has 1 aromatic rings. The van der Waals surface area contributed by atoms with Gasteiger partial charge in [-0.2, -0.15) is 0 Å². The number of carbonyl (C=O) groups is 2. The third kappa shape index (κ3) is 15.6. The van der Waals surface area contributed by atoms with Crippen molar-refractivity contribution in [2.75, 3.05) is 13.2 Å². The van der Waals surface area contributed by atoms with Crippen LogP contribution in [-0.2, 0) is 19.1 Å². The number of aryl methyl sites for hydroxylation is 1. The number of ether oxygens (including phenoxy) is 2. The quantitative estimate of drug-likeness (QED) is 0.0276. The molecule has 1 aliphatic rings. The number of aliphatic hydroxyl groups excluding tert-OH is 2. The first-order chi connectivity index (χ1) is 23.2. The fourth-order valence-corrected chi connectivity index (χ4v) is 5.64. The Labute approximate surface area is 282 Å². The van der Waals surface area contributed by atoms with Crippen molar-refractivity contribution in [1.82, 2.24) is 14.9 Å². The number of hydrogen-bond donors (Lipinski definition) is 4. The highest BCUT2D eigenvalue weighted by Crippen LogP contribution is 2.30. The summed E-state index contributed by atoms with van der Waals surface area (Å²) >= 11 is 0. The zero-order valence-electron chi connectivity index (χ0n) is 28.7. The molecule has 48 heavy (non-hydrogen) atoms. The number of azide groups is 1. The molecule has 2 rings (SSSR count). The summed E-state index contributed by atoms with van der Waals surface area (Å²) in [4.78, 5) is 53.6. The minimum atomic E-state index is -1.000. The Bertz CT molecular complexity index is 1290. The molecule has 14 nitrogen and oxygen atoms in total. The van der Waals surface area contributed by atoms with E-state index in [1.807, 2.05) is 6.08 Å². The number of nitrogens with zero attached hydrogens (tertiary/aromatic N) is 4. The number of amides is 1. The van der Waals surface area contributed by atoms with Gasteiger partial charge in [-0.3, -0.25) is 23.9 Å². The molecule has 2 unspecified atom stereocenters. The summed E-state index contributed by atoms with van der Waals surface area (Å²) < 4.78 is 12.4. The summed E-state index contributed by atoms with van der Waals surface area (Å²) in [6.07, 6.45) is 18.2. The SMILES string of the molecule is CCCCCCCCCCCCC/C=C\C(O)C(CO)NC(=O)CCCCC(=O)OC[C@H]1O[C@@H](n2cc(C)c(=O)[nH]c2=O)C[C@@H]1N=[N+]=[N-]. The summed E-state index contributed by atoms with van der Waals surface area (Å²) in [5.74, 6) is -0.860. The average Bonchev–Trinajstić information content (AvgIpc) is 3.47. The van der Waals surface area contributed by atoms with Crippen LogP contribution >= 0.6 is 0 Å². The summed E-state index contributed by atoms with van der Waals surface area (Å²) in [7, 11) is 0. The van der Waals surface area contributed by atoms with Gasteiger partial charge in [0.05, 0.1) is 24.8 Å². The lowest BCUT2D eigenvalue weighted by molar-refractivity contribution is -0.149. The molecule has 2 heterocycles. The van der Waals surface area contributed by atoms with Gasteiger partial charge < -0.3 is 25.0 Å². The molecule has 1 fully saturated rings. The Morgan fingerprint density at radius 1 is 1.10 bits per heavy atom. The first-order valence-corrected chi connectivity index (χ1v) is 17.6. The Hall–Kier alpha value is -3.45. The molecule has 1 aromatic heterocycles. The minimum absolute atomic E-state index is 0.0437. The Morgan fingerprint density at radius 2 is 1.75 bits per heavy atom. The van der Waals surface area contributed by atoms with Crippen LogP contribution in [0.3, 0.4) is 0 Å². The predicted molar refractivity (Wildman–Crippen MR) is 182 cm³/mol. The molecule has 0 aliphatic carbocycles. The molecular weight excluding hydrogens is 620 g/mol. The number of unbranched alkanes of at least 4 members (excludes halogenated alkanes) is 12. The number of H-pyrrole nitrogens is 1. The van der Waals surface area contributed by atoms with Crippen molar-refractivity contribution < 1.29 is 29.3 Å². The van der Waals surface area contributed by atoms with Crippen molar-refractivity contribution >= 4 is 11.9 Å². The van der Waals surface area contributed by atoms with Crippen LogP contribution in [0.1, 0.15) is 128 Å². The van der Waals surface area contributed by atoms with E-state index < -0.39 is 54.3 Å². The van der Waals surface area contributed by atoms with Crippen LogP contribution in [-0.4, -0.2) is 69.1 Å². The number of esters is 1. The van der Waals surface area contributed by atoms with Crippen LogP contribution in [0.25, 0.3) is 10.4 Å². The molecule has 0 bridgehead atoms. The molecular formula is C34H56N6O8. The standard InChI is InChI=1S/C34H56N6O8/c1-3-4-5-6-7-8-9-10-11-12-13-14-15-18-28(42)27(23-41)36-30(43)19-16-17-20-32(44)47-24-29-26(38-39-35)21-31(48-29)40-22-25(2)33(45)37-34(40)46/h15,18,22,26-29,31,41-42H,3-14,16-17,19-21,23-24H2,1-2H3,(H,36,43)(H,37,45,46)/b18-15-/t26-,27?,28?,29+,31+/m0/s1. The molecule has 1 saturated heterocycles. The minimum Gasteiger partial charge on any atom is -0.463 e. The summed E-state index contributed by atoms with van der Waals surface area (Å²) in [5, 5.41) is 26.4. The van der Waals surface area contributed by atoms with E-state index in [4.69, 9.17) is 15.0 Å². The highest BCUT2D eigenvalue weighted by molar-refractivity contribution is 5.76. The van der Waals surface area contributed by atoms with Crippen LogP contribution in [0, 0.1) is 6.92 Å². The van der Waals surface area contributed by atoms with E-state index in [1.54, 1.807) is 13.0 Å². The summed E-state index contributed by atoms with van der Waals surface area (Å²) in [6.45, 7) is 3.18. The maximum Gasteiger partial charge on any atom is 0.330 e. The number of aliphatic hydroxyl groups is 2. The first kappa shape index (κ1) is 40.7. The zero-order chi connectivity index (χ0) is 35.1. The fraction of sp³-hybridized carbons (Fsp3) is 0.765. The third-order valence-electron chi connectivity index (χ3n) is 8.57. The number of allylic oxidation sites excluding steroid dienone is 1. The topological polar surface area (TPSA) is 209 Å². The van der Waals surface area contributed by atoms with Gasteiger partial charge >= 0.3 is 11.7 Å². The van der Waals surface area contributed by atoms with Gasteiger partial charge in [0, 0.05) is 35.9 Å². The van der Waals surface area contributed by atoms with Crippen molar-refractivity contribution in [3.63, 3.8) is 0 Å². The van der Waals surface area contributed by atoms with Crippen molar-refractivity contribution in [1.29, 1.82) is 0 Å². The molecule has 0 saturated carbocycles. The highest BCUT2D eigenvalue weighted by atomic mass is 16.6. The van der Waals surface area contributed by atoms with Crippen LogP contribution in [0.15, 0.2) is 33.1 Å². The van der Waals surface area contributed by atoms with Gasteiger partial charge in [0.25, 0.3) is 5.56 Å². The van der Waals surface area contributed by atoms with E-state index in [9.17, 15) is 29.4 Å². The molecule has 0 spiro atoms. The average molecular weight is 677 g/mol. The number of carbonyl (C=O) groups excluding carboxylic acids is 2. The summed E-state index contributed by atoms with van der Waals surface area (Å²) in [6, 6.07) is -1.50. The van der Waals surface area contributed by atoms with E-state index in [1.165, 1.54) is 68.6 Å². The molecule has 270 valence electrons. The van der Waals surface area contributed by atoms with E-state index in [0.29, 0.717) is 18.4 Å². The van der Waals surface area contributed by atoms with Gasteiger partial charge in [0.15, 0.2) is 0 Å². The summed E-state index contributed by atoms with van der Waals surface area (Å²) in [5.41, 5.74) is 8.07. The van der Waals surface area contributed by atoms with E-state index in [0.717, 1.165) is 19.3 Å². The normalized spacial score (nSPS) is 18.8. The van der Waals surface area contributed by atoms with E-state index in [2.05, 4.69) is 27.3 Å². The van der Waals surface area contributed by atoms with Crippen LogP contribution in [0.5, 0.6) is 0 Å². The van der Waals surface area contributed by atoms with Crippen molar-refractivity contribution in [2.24, 2.45) is 5.11 Å². The van der Waals surface area contributed by atoms with Gasteiger partial charge in [-0.25, -0.2) is 4.79 Å². The second kappa shape index (κ2) is 23.8. The van der Waals surface area contributed by atoms with E-state index >= 15 is 0 Å². The van der Waals surface area contributed by atoms with Crippen LogP contribution < -0.4 is 16.6 Å².